The summed E-state index contributed by atoms with van der Waals surface area (Å²) in [4.78, 5) is 16.2. The second kappa shape index (κ2) is 6.54. The second-order valence-electron chi connectivity index (χ2n) is 4.83. The van der Waals surface area contributed by atoms with Gasteiger partial charge in [-0.1, -0.05) is 41.9 Å². The van der Waals surface area contributed by atoms with Crippen molar-refractivity contribution in [1.29, 1.82) is 0 Å². The summed E-state index contributed by atoms with van der Waals surface area (Å²) in [5.74, 6) is 0.410. The quantitative estimate of drug-likeness (QED) is 0.767. The van der Waals surface area contributed by atoms with Gasteiger partial charge < -0.3 is 14.8 Å². The Hall–Kier alpha value is -2.79. The average molecular weight is 329 g/mol. The molecule has 0 fully saturated rings. The van der Waals surface area contributed by atoms with Crippen molar-refractivity contribution in [2.24, 2.45) is 0 Å². The summed E-state index contributed by atoms with van der Waals surface area (Å²) in [7, 11) is 0. The molecule has 0 aliphatic rings. The summed E-state index contributed by atoms with van der Waals surface area (Å²) < 4.78 is 5.60. The van der Waals surface area contributed by atoms with Gasteiger partial charge in [-0.25, -0.2) is 4.98 Å². The zero-order chi connectivity index (χ0) is 16.2. The highest BCUT2D eigenvalue weighted by Gasteiger charge is 2.13. The van der Waals surface area contributed by atoms with Crippen LogP contribution in [0, 0.1) is 0 Å². The number of carbonyl (C=O) groups is 1. The first kappa shape index (κ1) is 15.1. The van der Waals surface area contributed by atoms with Crippen molar-refractivity contribution in [2.75, 3.05) is 0 Å². The van der Waals surface area contributed by atoms with E-state index in [-0.39, 0.29) is 17.9 Å². The minimum atomic E-state index is -0.454. The number of oxazole rings is 1. The van der Waals surface area contributed by atoms with Gasteiger partial charge in [0, 0.05) is 10.6 Å². The molecule has 2 aromatic carbocycles. The number of carbonyl (C=O) groups excluding carboxylic acids is 1. The van der Waals surface area contributed by atoms with E-state index in [1.165, 1.54) is 18.2 Å². The van der Waals surface area contributed by atoms with E-state index in [9.17, 15) is 9.90 Å². The van der Waals surface area contributed by atoms with E-state index < -0.39 is 5.91 Å². The van der Waals surface area contributed by atoms with E-state index in [1.807, 2.05) is 30.3 Å². The van der Waals surface area contributed by atoms with Crippen molar-refractivity contribution in [3.63, 3.8) is 0 Å². The number of hydrogen-bond acceptors (Lipinski definition) is 4. The minimum absolute atomic E-state index is 0.104. The zero-order valence-electron chi connectivity index (χ0n) is 12.0. The van der Waals surface area contributed by atoms with Crippen molar-refractivity contribution in [1.82, 2.24) is 10.3 Å². The largest absolute Gasteiger partial charge is 0.507 e. The Balaban J connectivity index is 1.68. The number of hydrogen-bond donors (Lipinski definition) is 2. The SMILES string of the molecule is O=C(NCc1ncc(-c2ccccc2)o1)c1cc(Cl)ccc1O. The van der Waals surface area contributed by atoms with E-state index in [0.29, 0.717) is 16.7 Å². The van der Waals surface area contributed by atoms with Crippen LogP contribution in [0.3, 0.4) is 0 Å². The maximum Gasteiger partial charge on any atom is 0.255 e. The zero-order valence-corrected chi connectivity index (χ0v) is 12.7. The first-order chi connectivity index (χ1) is 11.1. The molecule has 0 spiro atoms. The molecule has 1 aromatic heterocycles. The number of nitrogens with one attached hydrogen (secondary N) is 1. The predicted molar refractivity (Wildman–Crippen MR) is 86.2 cm³/mol. The molecule has 3 aromatic rings. The van der Waals surface area contributed by atoms with Gasteiger partial charge in [0.05, 0.1) is 18.3 Å². The first-order valence-electron chi connectivity index (χ1n) is 6.90. The smallest absolute Gasteiger partial charge is 0.255 e. The lowest BCUT2D eigenvalue weighted by Gasteiger charge is -2.05. The molecule has 0 aliphatic heterocycles. The summed E-state index contributed by atoms with van der Waals surface area (Å²) >= 11 is 5.83. The van der Waals surface area contributed by atoms with Gasteiger partial charge in [0.2, 0.25) is 5.89 Å². The number of phenols is 1. The number of benzene rings is 2. The number of aromatic nitrogens is 1. The van der Waals surface area contributed by atoms with Crippen molar-refractivity contribution in [3.05, 3.63) is 71.2 Å². The van der Waals surface area contributed by atoms with Crippen LogP contribution in [0.1, 0.15) is 16.2 Å². The van der Waals surface area contributed by atoms with E-state index in [2.05, 4.69) is 10.3 Å². The fourth-order valence-corrected chi connectivity index (χ4v) is 2.24. The Bertz CT molecular complexity index is 831. The molecule has 116 valence electrons. The topological polar surface area (TPSA) is 75.4 Å². The van der Waals surface area contributed by atoms with Crippen LogP contribution in [-0.4, -0.2) is 16.0 Å². The molecule has 0 bridgehead atoms. The molecule has 2 N–H and O–H groups in total. The van der Waals surface area contributed by atoms with Gasteiger partial charge in [0.1, 0.15) is 5.75 Å². The molecule has 0 radical (unpaired) electrons. The Morgan fingerprint density at radius 2 is 2.00 bits per heavy atom. The van der Waals surface area contributed by atoms with Crippen LogP contribution < -0.4 is 5.32 Å². The highest BCUT2D eigenvalue weighted by atomic mass is 35.5. The van der Waals surface area contributed by atoms with Crippen molar-refractivity contribution in [2.45, 2.75) is 6.54 Å². The van der Waals surface area contributed by atoms with Gasteiger partial charge in [0.15, 0.2) is 5.76 Å². The maximum atomic E-state index is 12.1. The number of nitrogens with zero attached hydrogens (tertiary/aromatic N) is 1. The minimum Gasteiger partial charge on any atom is -0.507 e. The van der Waals surface area contributed by atoms with Gasteiger partial charge in [-0.2, -0.15) is 0 Å². The van der Waals surface area contributed by atoms with Crippen LogP contribution in [0.25, 0.3) is 11.3 Å². The predicted octanol–water partition coefficient (Wildman–Crippen LogP) is 3.63. The van der Waals surface area contributed by atoms with E-state index in [4.69, 9.17) is 16.0 Å². The lowest BCUT2D eigenvalue weighted by Crippen LogP contribution is -2.23. The summed E-state index contributed by atoms with van der Waals surface area (Å²) in [6.07, 6.45) is 1.60. The molecule has 23 heavy (non-hydrogen) atoms. The summed E-state index contributed by atoms with van der Waals surface area (Å²) in [5, 5.41) is 12.7. The van der Waals surface area contributed by atoms with Crippen molar-refractivity contribution >= 4 is 17.5 Å². The highest BCUT2D eigenvalue weighted by molar-refractivity contribution is 6.31. The normalized spacial score (nSPS) is 10.5. The van der Waals surface area contributed by atoms with Gasteiger partial charge in [-0.15, -0.1) is 0 Å². The van der Waals surface area contributed by atoms with Crippen molar-refractivity contribution < 1.29 is 14.3 Å². The molecular formula is C17H13ClN2O3. The van der Waals surface area contributed by atoms with Crippen LogP contribution in [-0.2, 0) is 6.54 Å². The molecular weight excluding hydrogens is 316 g/mol. The van der Waals surface area contributed by atoms with Crippen LogP contribution in [0.4, 0.5) is 0 Å². The summed E-state index contributed by atoms with van der Waals surface area (Å²) in [5.41, 5.74) is 1.01. The Morgan fingerprint density at radius 3 is 2.78 bits per heavy atom. The number of rotatable bonds is 4. The number of amides is 1. The van der Waals surface area contributed by atoms with Gasteiger partial charge >= 0.3 is 0 Å². The van der Waals surface area contributed by atoms with Gasteiger partial charge in [-0.3, -0.25) is 4.79 Å². The number of phenolic OH excluding ortho intramolecular Hbond substituents is 1. The van der Waals surface area contributed by atoms with Crippen LogP contribution >= 0.6 is 11.6 Å². The van der Waals surface area contributed by atoms with Crippen LogP contribution in [0.5, 0.6) is 5.75 Å². The third-order valence-corrected chi connectivity index (χ3v) is 3.45. The molecule has 3 rings (SSSR count). The Labute approximate surface area is 137 Å². The summed E-state index contributed by atoms with van der Waals surface area (Å²) in [6, 6.07) is 13.8. The highest BCUT2D eigenvalue weighted by Crippen LogP contribution is 2.22. The maximum absolute atomic E-state index is 12.1. The lowest BCUT2D eigenvalue weighted by molar-refractivity contribution is 0.0944. The van der Waals surface area contributed by atoms with Crippen molar-refractivity contribution in [3.8, 4) is 17.1 Å². The summed E-state index contributed by atoms with van der Waals surface area (Å²) in [6.45, 7) is 0.109. The molecule has 0 aliphatic carbocycles. The standard InChI is InChI=1S/C17H13ClN2O3/c18-12-6-7-14(21)13(8-12)17(22)20-10-16-19-9-15(23-16)11-4-2-1-3-5-11/h1-9,21H,10H2,(H,20,22). The molecule has 0 saturated carbocycles. The molecule has 5 nitrogen and oxygen atoms in total. The Kier molecular flexibility index (Phi) is 4.30. The second-order valence-corrected chi connectivity index (χ2v) is 5.26. The van der Waals surface area contributed by atoms with E-state index in [1.54, 1.807) is 6.20 Å². The fraction of sp³-hybridized carbons (Fsp3) is 0.0588. The number of halogens is 1. The third-order valence-electron chi connectivity index (χ3n) is 3.22. The first-order valence-corrected chi connectivity index (χ1v) is 7.28. The molecule has 0 unspecified atom stereocenters. The van der Waals surface area contributed by atoms with Gasteiger partial charge in [-0.05, 0) is 18.2 Å². The molecule has 0 atom stereocenters. The fourth-order valence-electron chi connectivity index (χ4n) is 2.07. The van der Waals surface area contributed by atoms with E-state index in [0.717, 1.165) is 5.56 Å². The molecule has 1 heterocycles. The number of aromatic hydroxyl groups is 1. The molecule has 6 heteroatoms. The third kappa shape index (κ3) is 3.52. The molecule has 1 amide bonds. The van der Waals surface area contributed by atoms with Crippen LogP contribution in [0.2, 0.25) is 5.02 Å². The van der Waals surface area contributed by atoms with E-state index >= 15 is 0 Å². The monoisotopic (exact) mass is 328 g/mol. The lowest BCUT2D eigenvalue weighted by atomic mass is 10.2. The Morgan fingerprint density at radius 1 is 1.22 bits per heavy atom. The van der Waals surface area contributed by atoms with Gasteiger partial charge in [0.25, 0.3) is 5.91 Å². The molecule has 0 saturated heterocycles. The average Bonchev–Trinajstić information content (AvgIpc) is 3.05. The van der Waals surface area contributed by atoms with Crippen LogP contribution in [0.15, 0.2) is 59.1 Å².